The predicted molar refractivity (Wildman–Crippen MR) is 130 cm³/mol. The van der Waals surface area contributed by atoms with E-state index < -0.39 is 5.97 Å². The van der Waals surface area contributed by atoms with Gasteiger partial charge < -0.3 is 26.0 Å². The SMILES string of the molecule is N=c1ccc2c(-c3ccc(C(=O)NC4CCCCC4)cc3C(=O)O)c3ccc(N)cc3oc-2c1. The fourth-order valence-electron chi connectivity index (χ4n) is 4.79. The van der Waals surface area contributed by atoms with Crippen LogP contribution in [-0.2, 0) is 0 Å². The van der Waals surface area contributed by atoms with Crippen molar-refractivity contribution in [2.45, 2.75) is 38.1 Å². The van der Waals surface area contributed by atoms with E-state index in [-0.39, 0.29) is 22.9 Å². The Morgan fingerprint density at radius 1 is 0.971 bits per heavy atom. The Bertz CT molecular complexity index is 1450. The molecule has 1 heterocycles. The van der Waals surface area contributed by atoms with Gasteiger partial charge in [0.15, 0.2) is 0 Å². The maximum absolute atomic E-state index is 12.9. The average Bonchev–Trinajstić information content (AvgIpc) is 2.82. The molecule has 5 N–H and O–H groups in total. The molecule has 0 unspecified atom stereocenters. The lowest BCUT2D eigenvalue weighted by molar-refractivity contribution is 0.0697. The molecule has 1 amide bonds. The third-order valence-corrected chi connectivity index (χ3v) is 6.47. The molecule has 2 aromatic rings. The Morgan fingerprint density at radius 3 is 2.50 bits per heavy atom. The number of carbonyl (C=O) groups is 2. The standard InChI is InChI=1S/C27H25N3O4/c28-16-7-10-20-23(13-16)34-24-14-17(29)8-11-21(24)25(20)19-9-6-15(12-22(19)27(32)33)26(31)30-18-4-2-1-3-5-18/h6-14,18,28H,1-5,29H2,(H,30,31)(H,32,33). The van der Waals surface area contributed by atoms with Crippen LogP contribution < -0.4 is 16.4 Å². The van der Waals surface area contributed by atoms with Gasteiger partial charge in [0.1, 0.15) is 11.3 Å². The Kier molecular flexibility index (Phi) is 5.53. The molecule has 5 rings (SSSR count). The quantitative estimate of drug-likeness (QED) is 0.253. The van der Waals surface area contributed by atoms with E-state index in [1.807, 2.05) is 0 Å². The zero-order valence-electron chi connectivity index (χ0n) is 18.6. The summed E-state index contributed by atoms with van der Waals surface area (Å²) in [5, 5.41) is 22.1. The number of aromatic carboxylic acids is 1. The van der Waals surface area contributed by atoms with Crippen LogP contribution in [-0.4, -0.2) is 23.0 Å². The second-order valence-electron chi connectivity index (χ2n) is 8.82. The fourth-order valence-corrected chi connectivity index (χ4v) is 4.79. The van der Waals surface area contributed by atoms with Crippen LogP contribution in [0.15, 0.2) is 59.0 Å². The number of anilines is 1. The molecule has 7 heteroatoms. The first-order valence-electron chi connectivity index (χ1n) is 11.4. The van der Waals surface area contributed by atoms with Gasteiger partial charge in [-0.15, -0.1) is 0 Å². The zero-order valence-corrected chi connectivity index (χ0v) is 18.6. The molecule has 1 saturated carbocycles. The molecule has 1 aliphatic heterocycles. The van der Waals surface area contributed by atoms with Gasteiger partial charge in [0, 0.05) is 45.9 Å². The van der Waals surface area contributed by atoms with E-state index in [4.69, 9.17) is 15.6 Å². The second-order valence-corrected chi connectivity index (χ2v) is 8.82. The highest BCUT2D eigenvalue weighted by molar-refractivity contribution is 6.09. The van der Waals surface area contributed by atoms with Crippen molar-refractivity contribution in [2.24, 2.45) is 0 Å². The van der Waals surface area contributed by atoms with Crippen molar-refractivity contribution in [3.63, 3.8) is 0 Å². The first kappa shape index (κ1) is 21.7. The predicted octanol–water partition coefficient (Wildman–Crippen LogP) is 5.03. The Hall–Kier alpha value is -4.13. The summed E-state index contributed by atoms with van der Waals surface area (Å²) in [5.41, 5.74) is 9.11. The molecule has 0 radical (unpaired) electrons. The van der Waals surface area contributed by atoms with Crippen LogP contribution in [0.4, 0.5) is 5.69 Å². The number of amides is 1. The van der Waals surface area contributed by atoms with Gasteiger partial charge >= 0.3 is 5.97 Å². The number of nitrogen functional groups attached to an aromatic ring is 1. The minimum atomic E-state index is -1.13. The van der Waals surface area contributed by atoms with Gasteiger partial charge in [0.2, 0.25) is 0 Å². The van der Waals surface area contributed by atoms with Gasteiger partial charge in [-0.1, -0.05) is 25.3 Å². The molecular formula is C27H25N3O4. The van der Waals surface area contributed by atoms with Crippen molar-refractivity contribution in [3.05, 3.63) is 71.1 Å². The van der Waals surface area contributed by atoms with Crippen molar-refractivity contribution in [1.82, 2.24) is 5.32 Å². The van der Waals surface area contributed by atoms with Crippen LogP contribution in [0.25, 0.3) is 33.4 Å². The summed E-state index contributed by atoms with van der Waals surface area (Å²) >= 11 is 0. The number of carboxylic acids is 1. The van der Waals surface area contributed by atoms with E-state index in [1.165, 1.54) is 12.5 Å². The van der Waals surface area contributed by atoms with Crippen molar-refractivity contribution in [3.8, 4) is 22.5 Å². The molecule has 2 aromatic carbocycles. The molecule has 7 nitrogen and oxygen atoms in total. The number of nitrogens with one attached hydrogen (secondary N) is 2. The van der Waals surface area contributed by atoms with Crippen molar-refractivity contribution in [2.75, 3.05) is 5.73 Å². The number of fused-ring (bicyclic) bond motifs is 2. The van der Waals surface area contributed by atoms with Crippen LogP contribution in [0, 0.1) is 5.41 Å². The highest BCUT2D eigenvalue weighted by atomic mass is 16.4. The molecule has 0 bridgehead atoms. The topological polar surface area (TPSA) is 129 Å². The van der Waals surface area contributed by atoms with Gasteiger partial charge in [-0.2, -0.15) is 0 Å². The minimum absolute atomic E-state index is 0.0249. The number of hydrogen-bond acceptors (Lipinski definition) is 5. The maximum atomic E-state index is 12.9. The van der Waals surface area contributed by atoms with Gasteiger partial charge in [0.25, 0.3) is 5.91 Å². The lowest BCUT2D eigenvalue weighted by atomic mass is 9.89. The lowest BCUT2D eigenvalue weighted by Crippen LogP contribution is -2.36. The first-order valence-corrected chi connectivity index (χ1v) is 11.4. The van der Waals surface area contributed by atoms with E-state index in [1.54, 1.807) is 48.5 Å². The van der Waals surface area contributed by atoms with Gasteiger partial charge in [-0.3, -0.25) is 4.79 Å². The van der Waals surface area contributed by atoms with Gasteiger partial charge in [-0.05, 0) is 54.8 Å². The molecule has 0 spiro atoms. The second kappa shape index (κ2) is 8.67. The van der Waals surface area contributed by atoms with Crippen molar-refractivity contribution < 1.29 is 19.1 Å². The third kappa shape index (κ3) is 4.01. The Labute approximate surface area is 196 Å². The number of carboxylic acid groups (broad SMARTS) is 1. The van der Waals surface area contributed by atoms with Gasteiger partial charge in [0.05, 0.1) is 10.9 Å². The smallest absolute Gasteiger partial charge is 0.336 e. The number of benzene rings is 3. The first-order chi connectivity index (χ1) is 16.4. The summed E-state index contributed by atoms with van der Waals surface area (Å²) in [6.07, 6.45) is 5.26. The summed E-state index contributed by atoms with van der Waals surface area (Å²) in [4.78, 5) is 25.2. The Morgan fingerprint density at radius 2 is 1.74 bits per heavy atom. The molecule has 2 aliphatic carbocycles. The van der Waals surface area contributed by atoms with Crippen LogP contribution in [0.3, 0.4) is 0 Å². The third-order valence-electron chi connectivity index (χ3n) is 6.47. The highest BCUT2D eigenvalue weighted by Gasteiger charge is 2.24. The van der Waals surface area contributed by atoms with Crippen LogP contribution >= 0.6 is 0 Å². The van der Waals surface area contributed by atoms with Crippen LogP contribution in [0.1, 0.15) is 52.8 Å². The number of nitrogens with two attached hydrogens (primary N) is 1. The number of rotatable bonds is 4. The molecule has 3 aliphatic rings. The molecule has 1 fully saturated rings. The Balaban J connectivity index is 1.67. The molecule has 0 aromatic heterocycles. The van der Waals surface area contributed by atoms with Gasteiger partial charge in [-0.25, -0.2) is 4.79 Å². The molecule has 0 saturated heterocycles. The fraction of sp³-hybridized carbons (Fsp3) is 0.222. The molecule has 0 atom stereocenters. The molecule has 34 heavy (non-hydrogen) atoms. The average molecular weight is 456 g/mol. The summed E-state index contributed by atoms with van der Waals surface area (Å²) in [7, 11) is 0. The van der Waals surface area contributed by atoms with E-state index in [0.29, 0.717) is 44.7 Å². The van der Waals surface area contributed by atoms with Crippen LogP contribution in [0.5, 0.6) is 0 Å². The van der Waals surface area contributed by atoms with Crippen LogP contribution in [0.2, 0.25) is 0 Å². The summed E-state index contributed by atoms with van der Waals surface area (Å²) in [5.74, 6) is -0.932. The number of carbonyl (C=O) groups excluding carboxylic acids is 1. The van der Waals surface area contributed by atoms with E-state index in [2.05, 4.69) is 5.32 Å². The van der Waals surface area contributed by atoms with Crippen molar-refractivity contribution >= 4 is 28.5 Å². The van der Waals surface area contributed by atoms with Crippen molar-refractivity contribution in [1.29, 1.82) is 5.41 Å². The number of hydrogen-bond donors (Lipinski definition) is 4. The normalized spacial score (nSPS) is 14.4. The summed E-state index contributed by atoms with van der Waals surface area (Å²) in [6, 6.07) is 15.1. The highest BCUT2D eigenvalue weighted by Crippen LogP contribution is 2.41. The summed E-state index contributed by atoms with van der Waals surface area (Å²) < 4.78 is 6.01. The molecule has 172 valence electrons. The van der Waals surface area contributed by atoms with E-state index in [9.17, 15) is 14.7 Å². The van der Waals surface area contributed by atoms with E-state index >= 15 is 0 Å². The maximum Gasteiger partial charge on any atom is 0.336 e. The molecular weight excluding hydrogens is 430 g/mol. The van der Waals surface area contributed by atoms with E-state index in [0.717, 1.165) is 25.7 Å². The lowest BCUT2D eigenvalue weighted by Gasteiger charge is -2.23. The minimum Gasteiger partial charge on any atom is -0.478 e. The zero-order chi connectivity index (χ0) is 23.8. The largest absolute Gasteiger partial charge is 0.478 e. The monoisotopic (exact) mass is 455 g/mol. The summed E-state index contributed by atoms with van der Waals surface area (Å²) in [6.45, 7) is 0.